The summed E-state index contributed by atoms with van der Waals surface area (Å²) in [6, 6.07) is 8.18. The molecule has 1 aromatic rings. The molecule has 0 radical (unpaired) electrons. The Bertz CT molecular complexity index is 410. The van der Waals surface area contributed by atoms with Crippen LogP contribution >= 0.6 is 11.8 Å². The summed E-state index contributed by atoms with van der Waals surface area (Å²) in [6.07, 6.45) is 7.40. The molecule has 0 bridgehead atoms. The van der Waals surface area contributed by atoms with Gasteiger partial charge in [0.05, 0.1) is 6.42 Å². The number of carbonyl (C=O) groups is 1. The molecule has 1 amide bonds. The van der Waals surface area contributed by atoms with Gasteiger partial charge in [-0.3, -0.25) is 4.79 Å². The minimum absolute atomic E-state index is 0.137. The summed E-state index contributed by atoms with van der Waals surface area (Å²) >= 11 is 2.03. The van der Waals surface area contributed by atoms with Gasteiger partial charge in [0.15, 0.2) is 0 Å². The zero-order valence-electron chi connectivity index (χ0n) is 12.4. The van der Waals surface area contributed by atoms with Crippen molar-refractivity contribution in [3.8, 4) is 0 Å². The Hall–Kier alpha value is -0.960. The molecule has 0 atom stereocenters. The largest absolute Gasteiger partial charge is 0.355 e. The standard InChI is InChI=1S/C17H25NOS/c1-14-7-9-15(10-8-14)13-17(19)18-11-12-20-16-5-3-2-4-6-16/h7-10,16H,2-6,11-13H2,1H3,(H,18,19). The van der Waals surface area contributed by atoms with Gasteiger partial charge in [0.1, 0.15) is 0 Å². The predicted molar refractivity (Wildman–Crippen MR) is 87.2 cm³/mol. The first-order valence-electron chi connectivity index (χ1n) is 7.68. The molecule has 0 spiro atoms. The maximum Gasteiger partial charge on any atom is 0.224 e. The van der Waals surface area contributed by atoms with Crippen molar-refractivity contribution in [3.63, 3.8) is 0 Å². The normalized spacial score (nSPS) is 16.1. The quantitative estimate of drug-likeness (QED) is 0.809. The highest BCUT2D eigenvalue weighted by atomic mass is 32.2. The van der Waals surface area contributed by atoms with Gasteiger partial charge in [-0.15, -0.1) is 0 Å². The smallest absolute Gasteiger partial charge is 0.224 e. The minimum atomic E-state index is 0.137. The average Bonchev–Trinajstić information content (AvgIpc) is 2.47. The second kappa shape index (κ2) is 8.35. The van der Waals surface area contributed by atoms with Gasteiger partial charge in [0, 0.05) is 17.5 Å². The number of benzene rings is 1. The molecule has 1 aromatic carbocycles. The molecule has 2 nitrogen and oxygen atoms in total. The van der Waals surface area contributed by atoms with Crippen molar-refractivity contribution in [1.82, 2.24) is 5.32 Å². The Morgan fingerprint density at radius 3 is 2.60 bits per heavy atom. The Morgan fingerprint density at radius 1 is 1.20 bits per heavy atom. The van der Waals surface area contributed by atoms with Gasteiger partial charge in [-0.25, -0.2) is 0 Å². The summed E-state index contributed by atoms with van der Waals surface area (Å²) < 4.78 is 0. The van der Waals surface area contributed by atoms with Crippen molar-refractivity contribution >= 4 is 17.7 Å². The SMILES string of the molecule is Cc1ccc(CC(=O)NCCSC2CCCCC2)cc1. The van der Waals surface area contributed by atoms with Gasteiger partial charge in [-0.05, 0) is 25.3 Å². The number of hydrogen-bond donors (Lipinski definition) is 1. The van der Waals surface area contributed by atoms with Crippen LogP contribution in [0, 0.1) is 6.92 Å². The maximum atomic E-state index is 11.8. The first-order valence-corrected chi connectivity index (χ1v) is 8.73. The third-order valence-electron chi connectivity index (χ3n) is 3.82. The van der Waals surface area contributed by atoms with Crippen molar-refractivity contribution in [2.24, 2.45) is 0 Å². The molecular formula is C17H25NOS. The van der Waals surface area contributed by atoms with Crippen LogP contribution < -0.4 is 5.32 Å². The molecule has 0 saturated heterocycles. The highest BCUT2D eigenvalue weighted by Gasteiger charge is 2.13. The Kier molecular flexibility index (Phi) is 6.44. The summed E-state index contributed by atoms with van der Waals surface area (Å²) in [5.74, 6) is 1.18. The first-order chi connectivity index (χ1) is 9.74. The predicted octanol–water partition coefficient (Wildman–Crippen LogP) is 3.72. The molecule has 1 aliphatic carbocycles. The molecule has 1 saturated carbocycles. The van der Waals surface area contributed by atoms with Gasteiger partial charge < -0.3 is 5.32 Å². The monoisotopic (exact) mass is 291 g/mol. The van der Waals surface area contributed by atoms with Crippen LogP contribution in [0.2, 0.25) is 0 Å². The fourth-order valence-electron chi connectivity index (χ4n) is 2.60. The number of rotatable bonds is 6. The van der Waals surface area contributed by atoms with E-state index >= 15 is 0 Å². The number of amides is 1. The van der Waals surface area contributed by atoms with Crippen molar-refractivity contribution in [1.29, 1.82) is 0 Å². The highest BCUT2D eigenvalue weighted by Crippen LogP contribution is 2.27. The number of carbonyl (C=O) groups excluding carboxylic acids is 1. The lowest BCUT2D eigenvalue weighted by Crippen LogP contribution is -2.27. The van der Waals surface area contributed by atoms with E-state index in [9.17, 15) is 4.79 Å². The Morgan fingerprint density at radius 2 is 1.90 bits per heavy atom. The van der Waals surface area contributed by atoms with Crippen LogP contribution in [0.1, 0.15) is 43.2 Å². The number of thioether (sulfide) groups is 1. The van der Waals surface area contributed by atoms with Gasteiger partial charge in [0.2, 0.25) is 5.91 Å². The first kappa shape index (κ1) is 15.4. The van der Waals surface area contributed by atoms with E-state index in [1.165, 1.54) is 37.7 Å². The molecule has 1 N–H and O–H groups in total. The van der Waals surface area contributed by atoms with E-state index in [0.717, 1.165) is 23.1 Å². The fourth-order valence-corrected chi connectivity index (χ4v) is 3.82. The van der Waals surface area contributed by atoms with Crippen molar-refractivity contribution in [3.05, 3.63) is 35.4 Å². The number of aryl methyl sites for hydroxylation is 1. The molecule has 2 rings (SSSR count). The van der Waals surface area contributed by atoms with Crippen LogP contribution in [0.25, 0.3) is 0 Å². The zero-order valence-corrected chi connectivity index (χ0v) is 13.2. The van der Waals surface area contributed by atoms with Gasteiger partial charge in [-0.1, -0.05) is 49.1 Å². The Labute approximate surface area is 126 Å². The summed E-state index contributed by atoms with van der Waals surface area (Å²) in [4.78, 5) is 11.8. The lowest BCUT2D eigenvalue weighted by Gasteiger charge is -2.20. The van der Waals surface area contributed by atoms with E-state index < -0.39 is 0 Å². The molecule has 0 unspecified atom stereocenters. The van der Waals surface area contributed by atoms with Crippen LogP contribution in [-0.4, -0.2) is 23.5 Å². The molecule has 0 heterocycles. The van der Waals surface area contributed by atoms with E-state index in [-0.39, 0.29) is 5.91 Å². The average molecular weight is 291 g/mol. The van der Waals surface area contributed by atoms with Crippen molar-refractivity contribution in [2.75, 3.05) is 12.3 Å². The molecule has 0 aliphatic heterocycles. The molecule has 20 heavy (non-hydrogen) atoms. The molecule has 1 fully saturated rings. The molecule has 1 aliphatic rings. The van der Waals surface area contributed by atoms with E-state index in [4.69, 9.17) is 0 Å². The highest BCUT2D eigenvalue weighted by molar-refractivity contribution is 7.99. The Balaban J connectivity index is 1.59. The molecule has 110 valence electrons. The van der Waals surface area contributed by atoms with E-state index in [0.29, 0.717) is 6.42 Å². The second-order valence-electron chi connectivity index (χ2n) is 5.64. The second-order valence-corrected chi connectivity index (χ2v) is 7.05. The number of hydrogen-bond acceptors (Lipinski definition) is 2. The van der Waals surface area contributed by atoms with Crippen LogP contribution in [0.5, 0.6) is 0 Å². The number of nitrogens with one attached hydrogen (secondary N) is 1. The lowest BCUT2D eigenvalue weighted by atomic mass is 10.0. The summed E-state index contributed by atoms with van der Waals surface area (Å²) in [5, 5.41) is 3.86. The van der Waals surface area contributed by atoms with E-state index in [1.807, 2.05) is 23.9 Å². The van der Waals surface area contributed by atoms with Crippen molar-refractivity contribution < 1.29 is 4.79 Å². The molecular weight excluding hydrogens is 266 g/mol. The zero-order chi connectivity index (χ0) is 14.2. The van der Waals surface area contributed by atoms with Crippen molar-refractivity contribution in [2.45, 2.75) is 50.7 Å². The third-order valence-corrected chi connectivity index (χ3v) is 5.20. The van der Waals surface area contributed by atoms with Crippen LogP contribution in [0.4, 0.5) is 0 Å². The van der Waals surface area contributed by atoms with Crippen LogP contribution in [0.3, 0.4) is 0 Å². The van der Waals surface area contributed by atoms with Gasteiger partial charge in [0.25, 0.3) is 0 Å². The molecule has 0 aromatic heterocycles. The topological polar surface area (TPSA) is 29.1 Å². The van der Waals surface area contributed by atoms with Gasteiger partial charge >= 0.3 is 0 Å². The summed E-state index contributed by atoms with van der Waals surface area (Å²) in [6.45, 7) is 2.86. The van der Waals surface area contributed by atoms with E-state index in [2.05, 4.69) is 24.4 Å². The van der Waals surface area contributed by atoms with Crippen LogP contribution in [-0.2, 0) is 11.2 Å². The summed E-state index contributed by atoms with van der Waals surface area (Å²) in [7, 11) is 0. The van der Waals surface area contributed by atoms with E-state index in [1.54, 1.807) is 0 Å². The minimum Gasteiger partial charge on any atom is -0.355 e. The van der Waals surface area contributed by atoms with Crippen LogP contribution in [0.15, 0.2) is 24.3 Å². The fraction of sp³-hybridized carbons (Fsp3) is 0.588. The van der Waals surface area contributed by atoms with Gasteiger partial charge in [-0.2, -0.15) is 11.8 Å². The maximum absolute atomic E-state index is 11.8. The lowest BCUT2D eigenvalue weighted by molar-refractivity contribution is -0.120. The molecule has 3 heteroatoms. The summed E-state index contributed by atoms with van der Waals surface area (Å²) in [5.41, 5.74) is 2.33. The third kappa shape index (κ3) is 5.58.